The molecule has 36 heavy (non-hydrogen) atoms. The van der Waals surface area contributed by atoms with Crippen LogP contribution < -0.4 is 5.73 Å². The Morgan fingerprint density at radius 1 is 0.889 bits per heavy atom. The van der Waals surface area contributed by atoms with E-state index < -0.39 is 66.6 Å². The van der Waals surface area contributed by atoms with Crippen LogP contribution in [0.15, 0.2) is 0 Å². The molecule has 0 bridgehead atoms. The lowest BCUT2D eigenvalue weighted by Crippen LogP contribution is -2.55. The van der Waals surface area contributed by atoms with Crippen molar-refractivity contribution >= 4 is 29.8 Å². The third-order valence-corrected chi connectivity index (χ3v) is 6.63. The molecule has 1 rings (SSSR count). The number of hydrogen-bond acceptors (Lipinski definition) is 9. The predicted octanol–water partition coefficient (Wildman–Crippen LogP) is -0.879. The van der Waals surface area contributed by atoms with Crippen molar-refractivity contribution in [2.75, 3.05) is 32.7 Å². The number of likely N-dealkylation sites (tertiary alicyclic amines) is 1. The molecule has 7 N–H and O–H groups in total. The second kappa shape index (κ2) is 14.7. The maximum absolute atomic E-state index is 12.1. The van der Waals surface area contributed by atoms with Crippen LogP contribution in [0, 0.1) is 0 Å². The van der Waals surface area contributed by atoms with Gasteiger partial charge in [-0.1, -0.05) is 6.42 Å². The molecule has 0 radical (unpaired) electrons. The number of nitrogens with zero attached hydrogens (tertiary/aromatic N) is 3. The first kappa shape index (κ1) is 31.2. The minimum atomic E-state index is -1.24. The zero-order valence-corrected chi connectivity index (χ0v) is 20.7. The SMILES string of the molecule is CC(C(=O)O)N(CCN(CC(=O)O)CC1CCC(C(=O)O)N1C(CCCCN)C(=O)O)C(C)C(=O)O. The molecule has 0 aromatic rings. The Morgan fingerprint density at radius 3 is 1.92 bits per heavy atom. The van der Waals surface area contributed by atoms with E-state index in [9.17, 15) is 49.5 Å². The van der Waals surface area contributed by atoms with Gasteiger partial charge in [0.15, 0.2) is 0 Å². The standard InChI is InChI=1S/C22H38N4O10/c1-13(19(29)30)25(14(2)20(31)32)10-9-24(12-18(27)28)11-15-6-7-17(22(35)36)26(15)16(21(33)34)5-3-4-8-23/h13-17H,3-12,23H2,1-2H3,(H,27,28)(H,29,30)(H,31,32)(H,33,34)(H,35,36). The molecule has 0 aromatic carbocycles. The van der Waals surface area contributed by atoms with Crippen molar-refractivity contribution < 1.29 is 49.5 Å². The third kappa shape index (κ3) is 9.00. The van der Waals surface area contributed by atoms with Gasteiger partial charge in [-0.2, -0.15) is 0 Å². The van der Waals surface area contributed by atoms with Crippen molar-refractivity contribution in [3.8, 4) is 0 Å². The van der Waals surface area contributed by atoms with Crippen molar-refractivity contribution in [2.24, 2.45) is 5.73 Å². The summed E-state index contributed by atoms with van der Waals surface area (Å²) >= 11 is 0. The van der Waals surface area contributed by atoms with E-state index in [1.165, 1.54) is 28.5 Å². The van der Waals surface area contributed by atoms with Crippen LogP contribution in [-0.2, 0) is 24.0 Å². The van der Waals surface area contributed by atoms with E-state index >= 15 is 0 Å². The molecule has 0 spiro atoms. The fourth-order valence-electron chi connectivity index (χ4n) is 4.68. The Morgan fingerprint density at radius 2 is 1.47 bits per heavy atom. The molecule has 14 heteroatoms. The van der Waals surface area contributed by atoms with E-state index in [4.69, 9.17) is 5.73 Å². The Hall–Kier alpha value is -2.81. The highest BCUT2D eigenvalue weighted by molar-refractivity contribution is 5.78. The van der Waals surface area contributed by atoms with Crippen molar-refractivity contribution in [3.63, 3.8) is 0 Å². The van der Waals surface area contributed by atoms with Gasteiger partial charge in [0.1, 0.15) is 24.2 Å². The minimum Gasteiger partial charge on any atom is -0.480 e. The molecular weight excluding hydrogens is 480 g/mol. The summed E-state index contributed by atoms with van der Waals surface area (Å²) in [6, 6.07) is -5.02. The van der Waals surface area contributed by atoms with Gasteiger partial charge in [0.25, 0.3) is 0 Å². The maximum atomic E-state index is 12.1. The molecule has 1 fully saturated rings. The first-order valence-electron chi connectivity index (χ1n) is 11.9. The zero-order chi connectivity index (χ0) is 27.6. The molecule has 0 aromatic heterocycles. The number of carboxylic acid groups (broad SMARTS) is 5. The average Bonchev–Trinajstić information content (AvgIpc) is 3.18. The van der Waals surface area contributed by atoms with E-state index in [1.807, 2.05) is 0 Å². The molecular formula is C22H38N4O10. The summed E-state index contributed by atoms with van der Waals surface area (Å²) < 4.78 is 0. The second-order valence-corrected chi connectivity index (χ2v) is 9.07. The van der Waals surface area contributed by atoms with Gasteiger partial charge < -0.3 is 31.3 Å². The van der Waals surface area contributed by atoms with Gasteiger partial charge in [-0.15, -0.1) is 0 Å². The van der Waals surface area contributed by atoms with Gasteiger partial charge in [0.05, 0.1) is 6.54 Å². The van der Waals surface area contributed by atoms with Gasteiger partial charge in [0.2, 0.25) is 0 Å². The molecule has 14 nitrogen and oxygen atoms in total. The lowest BCUT2D eigenvalue weighted by atomic mass is 10.1. The summed E-state index contributed by atoms with van der Waals surface area (Å²) in [5.74, 6) is -5.99. The highest BCUT2D eigenvalue weighted by Gasteiger charge is 2.44. The molecule has 1 aliphatic heterocycles. The number of aliphatic carboxylic acids is 5. The predicted molar refractivity (Wildman–Crippen MR) is 126 cm³/mol. The number of rotatable bonds is 18. The second-order valence-electron chi connectivity index (χ2n) is 9.07. The van der Waals surface area contributed by atoms with E-state index in [2.05, 4.69) is 0 Å². The highest BCUT2D eigenvalue weighted by atomic mass is 16.4. The monoisotopic (exact) mass is 518 g/mol. The fraction of sp³-hybridized carbons (Fsp3) is 0.773. The van der Waals surface area contributed by atoms with Gasteiger partial charge >= 0.3 is 29.8 Å². The summed E-state index contributed by atoms with van der Waals surface area (Å²) in [5.41, 5.74) is 5.50. The smallest absolute Gasteiger partial charge is 0.320 e. The van der Waals surface area contributed by atoms with Gasteiger partial charge in [-0.3, -0.25) is 38.7 Å². The lowest BCUT2D eigenvalue weighted by molar-refractivity contribution is -0.151. The molecule has 1 saturated heterocycles. The molecule has 0 saturated carbocycles. The quantitative estimate of drug-likeness (QED) is 0.121. The summed E-state index contributed by atoms with van der Waals surface area (Å²) in [6.07, 6.45) is 1.77. The summed E-state index contributed by atoms with van der Waals surface area (Å²) in [6.45, 7) is 2.48. The van der Waals surface area contributed by atoms with Gasteiger partial charge in [0, 0.05) is 25.7 Å². The number of nitrogens with two attached hydrogens (primary N) is 1. The van der Waals surface area contributed by atoms with Crippen LogP contribution in [0.4, 0.5) is 0 Å². The van der Waals surface area contributed by atoms with E-state index in [1.54, 1.807) is 0 Å². The van der Waals surface area contributed by atoms with Crippen LogP contribution >= 0.6 is 0 Å². The molecule has 1 aliphatic rings. The summed E-state index contributed by atoms with van der Waals surface area (Å²) in [5, 5.41) is 47.7. The molecule has 0 aliphatic carbocycles. The van der Waals surface area contributed by atoms with Gasteiger partial charge in [-0.05, 0) is 46.1 Å². The zero-order valence-electron chi connectivity index (χ0n) is 20.7. The minimum absolute atomic E-state index is 0.0193. The lowest BCUT2D eigenvalue weighted by Gasteiger charge is -2.37. The van der Waals surface area contributed by atoms with Crippen LogP contribution in [0.25, 0.3) is 0 Å². The van der Waals surface area contributed by atoms with Crippen LogP contribution in [0.1, 0.15) is 46.0 Å². The first-order chi connectivity index (χ1) is 16.8. The van der Waals surface area contributed by atoms with Crippen molar-refractivity contribution in [1.82, 2.24) is 14.7 Å². The normalized spacial score (nSPS) is 20.8. The molecule has 206 valence electrons. The van der Waals surface area contributed by atoms with E-state index in [0.717, 1.165) is 0 Å². The molecule has 1 heterocycles. The van der Waals surface area contributed by atoms with Crippen molar-refractivity contribution in [3.05, 3.63) is 0 Å². The number of carboxylic acids is 5. The Bertz CT molecular complexity index is 775. The first-order valence-corrected chi connectivity index (χ1v) is 11.9. The average molecular weight is 519 g/mol. The molecule has 5 atom stereocenters. The molecule has 0 amide bonds. The third-order valence-electron chi connectivity index (χ3n) is 6.63. The fourth-order valence-corrected chi connectivity index (χ4v) is 4.68. The summed E-state index contributed by atoms with van der Waals surface area (Å²) in [7, 11) is 0. The Labute approximate surface area is 209 Å². The number of hydrogen-bond donors (Lipinski definition) is 6. The van der Waals surface area contributed by atoms with Crippen LogP contribution in [0.5, 0.6) is 0 Å². The van der Waals surface area contributed by atoms with Crippen LogP contribution in [0.3, 0.4) is 0 Å². The van der Waals surface area contributed by atoms with Crippen molar-refractivity contribution in [1.29, 1.82) is 0 Å². The Kier molecular flexibility index (Phi) is 12.7. The topological polar surface area (TPSA) is 222 Å². The van der Waals surface area contributed by atoms with E-state index in [0.29, 0.717) is 25.8 Å². The van der Waals surface area contributed by atoms with Crippen LogP contribution in [-0.4, -0.2) is 133 Å². The van der Waals surface area contributed by atoms with E-state index in [-0.39, 0.29) is 32.5 Å². The maximum Gasteiger partial charge on any atom is 0.320 e. The Balaban J connectivity index is 3.15. The summed E-state index contributed by atoms with van der Waals surface area (Å²) in [4.78, 5) is 62.6. The van der Waals surface area contributed by atoms with Crippen LogP contribution in [0.2, 0.25) is 0 Å². The molecule has 5 unspecified atom stereocenters. The number of carbonyl (C=O) groups is 5. The highest BCUT2D eigenvalue weighted by Crippen LogP contribution is 2.30. The number of unbranched alkanes of at least 4 members (excludes halogenated alkanes) is 1. The largest absolute Gasteiger partial charge is 0.480 e. The van der Waals surface area contributed by atoms with Gasteiger partial charge in [-0.25, -0.2) is 0 Å². The van der Waals surface area contributed by atoms with Crippen molar-refractivity contribution in [2.45, 2.75) is 76.2 Å².